The predicted molar refractivity (Wildman–Crippen MR) is 120 cm³/mol. The molecule has 1 saturated heterocycles. The van der Waals surface area contributed by atoms with Gasteiger partial charge in [-0.1, -0.05) is 5.16 Å². The van der Waals surface area contributed by atoms with E-state index in [9.17, 15) is 22.8 Å². The topological polar surface area (TPSA) is 107 Å². The lowest BCUT2D eigenvalue weighted by Gasteiger charge is -2.15. The summed E-state index contributed by atoms with van der Waals surface area (Å²) >= 11 is 0. The largest absolute Gasteiger partial charge is 0.573 e. The number of hydrogen-bond acceptors (Lipinski definition) is 7. The molecule has 3 heterocycles. The van der Waals surface area contributed by atoms with Crippen molar-refractivity contribution in [3.05, 3.63) is 47.8 Å². The zero-order chi connectivity index (χ0) is 25.4. The minimum absolute atomic E-state index is 0.136. The number of cyclic esters (lactones) is 1. The van der Waals surface area contributed by atoms with Gasteiger partial charge in [0.05, 0.1) is 19.3 Å². The summed E-state index contributed by atoms with van der Waals surface area (Å²) < 4.78 is 53.9. The quantitative estimate of drug-likeness (QED) is 0.556. The Morgan fingerprint density at radius 2 is 2.08 bits per heavy atom. The summed E-state index contributed by atoms with van der Waals surface area (Å²) in [7, 11) is 0. The number of benzene rings is 1. The van der Waals surface area contributed by atoms with Crippen LogP contribution in [0.4, 0.5) is 23.7 Å². The van der Waals surface area contributed by atoms with Gasteiger partial charge in [0.25, 0.3) is 0 Å². The standard InChI is InChI=1S/C24H21F3N4O5/c1-13(32)29-10-16-12-31(23(33)34-16)15-5-6-17-14(9-15)3-2-4-19-21(30-36-22(17)19)18-7-8-28-11-20(18)35-24(25,26)27/h5-9,11,16H,2-4,10,12H2,1H3,(H,29,32). The fourth-order valence-corrected chi connectivity index (χ4v) is 4.47. The van der Waals surface area contributed by atoms with Crippen molar-refractivity contribution in [2.45, 2.75) is 38.7 Å². The van der Waals surface area contributed by atoms with Crippen molar-refractivity contribution in [1.29, 1.82) is 0 Å². The third-order valence-corrected chi connectivity index (χ3v) is 6.02. The van der Waals surface area contributed by atoms with Crippen LogP contribution in [-0.2, 0) is 22.4 Å². The first-order valence-corrected chi connectivity index (χ1v) is 11.2. The maximum atomic E-state index is 12.9. The summed E-state index contributed by atoms with van der Waals surface area (Å²) in [4.78, 5) is 28.8. The van der Waals surface area contributed by atoms with E-state index >= 15 is 0 Å². The molecule has 0 spiro atoms. The minimum atomic E-state index is -4.88. The van der Waals surface area contributed by atoms with Crippen LogP contribution in [0.25, 0.3) is 22.6 Å². The van der Waals surface area contributed by atoms with Crippen LogP contribution in [0.3, 0.4) is 0 Å². The number of nitrogens with zero attached hydrogens (tertiary/aromatic N) is 3. The van der Waals surface area contributed by atoms with Gasteiger partial charge in [-0.15, -0.1) is 13.2 Å². The van der Waals surface area contributed by atoms with Crippen LogP contribution in [0, 0.1) is 0 Å². The van der Waals surface area contributed by atoms with Gasteiger partial charge in [0, 0.05) is 35.5 Å². The minimum Gasteiger partial charge on any atom is -0.442 e. The lowest BCUT2D eigenvalue weighted by Crippen LogP contribution is -2.33. The first-order chi connectivity index (χ1) is 17.2. The number of alkyl halides is 3. The molecule has 1 aromatic carbocycles. The van der Waals surface area contributed by atoms with E-state index in [0.717, 1.165) is 17.3 Å². The number of aryl methyl sites for hydroxylation is 1. The maximum absolute atomic E-state index is 12.9. The number of pyridine rings is 1. The molecule has 3 aromatic rings. The summed E-state index contributed by atoms with van der Waals surface area (Å²) in [5, 5.41) is 6.73. The molecule has 0 bridgehead atoms. The number of fused-ring (bicyclic) bond motifs is 3. The second-order valence-corrected chi connectivity index (χ2v) is 8.51. The third kappa shape index (κ3) is 4.70. The zero-order valence-electron chi connectivity index (χ0n) is 19.1. The van der Waals surface area contributed by atoms with Crippen molar-refractivity contribution >= 4 is 17.7 Å². The van der Waals surface area contributed by atoms with E-state index in [1.165, 1.54) is 24.1 Å². The molecule has 188 valence electrons. The van der Waals surface area contributed by atoms with E-state index in [0.29, 0.717) is 42.8 Å². The summed E-state index contributed by atoms with van der Waals surface area (Å²) in [6.45, 7) is 1.91. The van der Waals surface area contributed by atoms with Crippen molar-refractivity contribution in [1.82, 2.24) is 15.5 Å². The Kier molecular flexibility index (Phi) is 6.02. The highest BCUT2D eigenvalue weighted by molar-refractivity contribution is 5.91. The fraction of sp³-hybridized carbons (Fsp3) is 0.333. The second-order valence-electron chi connectivity index (χ2n) is 8.51. The maximum Gasteiger partial charge on any atom is 0.573 e. The third-order valence-electron chi connectivity index (χ3n) is 6.02. The number of rotatable bonds is 5. The molecule has 1 N–H and O–H groups in total. The molecule has 1 aliphatic heterocycles. The average molecular weight is 502 g/mol. The smallest absolute Gasteiger partial charge is 0.442 e. The van der Waals surface area contributed by atoms with Gasteiger partial charge in [0.1, 0.15) is 11.8 Å². The molecule has 0 saturated carbocycles. The number of carbonyl (C=O) groups is 2. The Balaban J connectivity index is 1.45. The van der Waals surface area contributed by atoms with Crippen LogP contribution >= 0.6 is 0 Å². The lowest BCUT2D eigenvalue weighted by atomic mass is 10.00. The first-order valence-electron chi connectivity index (χ1n) is 11.2. The number of nitrogens with one attached hydrogen (secondary N) is 1. The van der Waals surface area contributed by atoms with Crippen LogP contribution in [-0.4, -0.2) is 47.7 Å². The van der Waals surface area contributed by atoms with E-state index in [1.807, 2.05) is 6.07 Å². The molecule has 5 rings (SSSR count). The molecule has 36 heavy (non-hydrogen) atoms. The molecule has 0 radical (unpaired) electrons. The highest BCUT2D eigenvalue weighted by Crippen LogP contribution is 2.42. The number of ether oxygens (including phenoxy) is 2. The molecule has 9 nitrogen and oxygen atoms in total. The summed E-state index contributed by atoms with van der Waals surface area (Å²) in [6, 6.07) is 6.84. The van der Waals surface area contributed by atoms with Gasteiger partial charge in [0.15, 0.2) is 11.5 Å². The number of hydrogen-bond donors (Lipinski definition) is 1. The van der Waals surface area contributed by atoms with Gasteiger partial charge in [0.2, 0.25) is 5.91 Å². The molecular weight excluding hydrogens is 481 g/mol. The van der Waals surface area contributed by atoms with Crippen LogP contribution in [0.1, 0.15) is 24.5 Å². The van der Waals surface area contributed by atoms with Gasteiger partial charge in [-0.3, -0.25) is 14.7 Å². The Morgan fingerprint density at radius 1 is 1.25 bits per heavy atom. The zero-order valence-corrected chi connectivity index (χ0v) is 19.1. The van der Waals surface area contributed by atoms with E-state index in [1.54, 1.807) is 12.1 Å². The van der Waals surface area contributed by atoms with Crippen molar-refractivity contribution in [2.24, 2.45) is 0 Å². The van der Waals surface area contributed by atoms with Gasteiger partial charge in [-0.2, -0.15) is 0 Å². The Hall–Kier alpha value is -4.09. The molecular formula is C24H21F3N4O5. The Labute approximate surface area is 203 Å². The number of carbonyl (C=O) groups excluding carboxylic acids is 2. The van der Waals surface area contributed by atoms with Gasteiger partial charge < -0.3 is 19.3 Å². The van der Waals surface area contributed by atoms with Crippen LogP contribution in [0.2, 0.25) is 0 Å². The highest BCUT2D eigenvalue weighted by atomic mass is 19.4. The monoisotopic (exact) mass is 502 g/mol. The fourth-order valence-electron chi connectivity index (χ4n) is 4.47. The highest BCUT2D eigenvalue weighted by Gasteiger charge is 2.35. The van der Waals surface area contributed by atoms with Crippen LogP contribution in [0.15, 0.2) is 41.2 Å². The summed E-state index contributed by atoms with van der Waals surface area (Å²) in [6.07, 6.45) is -1.61. The molecule has 1 fully saturated rings. The molecule has 1 aliphatic carbocycles. The van der Waals surface area contributed by atoms with Crippen molar-refractivity contribution < 1.29 is 36.8 Å². The summed E-state index contributed by atoms with van der Waals surface area (Å²) in [5.41, 5.74) is 3.39. The predicted octanol–water partition coefficient (Wildman–Crippen LogP) is 4.25. The van der Waals surface area contributed by atoms with Crippen molar-refractivity contribution in [2.75, 3.05) is 18.0 Å². The van der Waals surface area contributed by atoms with E-state index in [-0.39, 0.29) is 23.7 Å². The molecule has 2 aliphatic rings. The Bertz CT molecular complexity index is 1320. The van der Waals surface area contributed by atoms with Crippen LogP contribution < -0.4 is 15.0 Å². The average Bonchev–Trinajstić information content (AvgIpc) is 3.35. The first kappa shape index (κ1) is 23.6. The SMILES string of the molecule is CC(=O)NCC1CN(c2ccc3c(c2)CCCc2c(-c4ccncc4OC(F)(F)F)noc2-3)C(=O)O1. The summed E-state index contributed by atoms with van der Waals surface area (Å²) in [5.74, 6) is -0.200. The van der Waals surface area contributed by atoms with Crippen molar-refractivity contribution in [3.8, 4) is 28.3 Å². The second kappa shape index (κ2) is 9.17. The number of aromatic nitrogens is 2. The normalized spacial score (nSPS) is 17.2. The number of amides is 2. The molecule has 2 aromatic heterocycles. The van der Waals surface area contributed by atoms with Gasteiger partial charge in [-0.05, 0) is 49.1 Å². The molecule has 1 unspecified atom stereocenters. The molecule has 1 atom stereocenters. The van der Waals surface area contributed by atoms with Crippen LogP contribution in [0.5, 0.6) is 5.75 Å². The molecule has 2 amide bonds. The number of anilines is 1. The molecule has 12 heteroatoms. The van der Waals surface area contributed by atoms with E-state index < -0.39 is 24.3 Å². The van der Waals surface area contributed by atoms with Gasteiger partial charge >= 0.3 is 12.5 Å². The lowest BCUT2D eigenvalue weighted by molar-refractivity contribution is -0.274. The number of halogens is 3. The van der Waals surface area contributed by atoms with Crippen molar-refractivity contribution in [3.63, 3.8) is 0 Å². The Morgan fingerprint density at radius 3 is 2.86 bits per heavy atom. The van der Waals surface area contributed by atoms with Gasteiger partial charge in [-0.25, -0.2) is 4.79 Å². The van der Waals surface area contributed by atoms with E-state index in [4.69, 9.17) is 9.26 Å². The van der Waals surface area contributed by atoms with E-state index in [2.05, 4.69) is 20.2 Å².